The summed E-state index contributed by atoms with van der Waals surface area (Å²) in [5.41, 5.74) is 0.864. The van der Waals surface area contributed by atoms with Gasteiger partial charge in [0.2, 0.25) is 5.96 Å². The fraction of sp³-hybridized carbons (Fsp3) is 0.621. The van der Waals surface area contributed by atoms with Crippen molar-refractivity contribution in [1.29, 1.82) is 0 Å². The number of nitrogens with one attached hydrogen (secondary N) is 1. The Morgan fingerprint density at radius 1 is 1.13 bits per heavy atom. The lowest BCUT2D eigenvalue weighted by atomic mass is 9.68. The van der Waals surface area contributed by atoms with Gasteiger partial charge in [0.15, 0.2) is 0 Å². The zero-order chi connectivity index (χ0) is 26.8. The van der Waals surface area contributed by atoms with Crippen LogP contribution in [0.3, 0.4) is 0 Å². The van der Waals surface area contributed by atoms with Crippen molar-refractivity contribution < 1.29 is 14.6 Å². The molecule has 38 heavy (non-hydrogen) atoms. The largest absolute Gasteiger partial charge is 0.388 e. The maximum absolute atomic E-state index is 13.9. The van der Waals surface area contributed by atoms with E-state index < -0.39 is 5.60 Å². The molecule has 1 spiro atoms. The molecule has 206 valence electrons. The fourth-order valence-electron chi connectivity index (χ4n) is 6.56. The maximum Gasteiger partial charge on any atom is 0.324 e. The third kappa shape index (κ3) is 4.99. The van der Waals surface area contributed by atoms with Crippen molar-refractivity contribution in [1.82, 2.24) is 20.0 Å². The first kappa shape index (κ1) is 26.8. The zero-order valence-corrected chi connectivity index (χ0v) is 22.9. The number of hydrogen-bond donors (Lipinski definition) is 2. The molecule has 2 saturated heterocycles. The topological polar surface area (TPSA) is 93.0 Å². The van der Waals surface area contributed by atoms with Gasteiger partial charge >= 0.3 is 6.03 Å². The molecule has 2 heterocycles. The summed E-state index contributed by atoms with van der Waals surface area (Å²) < 4.78 is 5.44. The normalized spacial score (nSPS) is 30.1. The molecule has 1 aromatic rings. The van der Waals surface area contributed by atoms with Crippen LogP contribution in [0.25, 0.3) is 0 Å². The predicted molar refractivity (Wildman–Crippen MR) is 149 cm³/mol. The highest BCUT2D eigenvalue weighted by atomic mass is 16.5. The zero-order valence-electron chi connectivity index (χ0n) is 22.9. The van der Waals surface area contributed by atoms with Crippen LogP contribution in [-0.4, -0.2) is 96.1 Å². The highest BCUT2D eigenvalue weighted by molar-refractivity contribution is 5.85. The van der Waals surface area contributed by atoms with Crippen molar-refractivity contribution in [2.75, 3.05) is 46.4 Å². The quantitative estimate of drug-likeness (QED) is 0.442. The van der Waals surface area contributed by atoms with E-state index in [-0.39, 0.29) is 17.1 Å². The van der Waals surface area contributed by atoms with Crippen LogP contribution >= 0.6 is 0 Å². The van der Waals surface area contributed by atoms with E-state index in [0.29, 0.717) is 32.3 Å². The molecular weight excluding hydrogens is 480 g/mol. The summed E-state index contributed by atoms with van der Waals surface area (Å²) in [5, 5.41) is 14.7. The number of amides is 2. The Balaban J connectivity index is 1.39. The number of urea groups is 1. The summed E-state index contributed by atoms with van der Waals surface area (Å²) in [6.07, 6.45) is 7.83. The summed E-state index contributed by atoms with van der Waals surface area (Å²) >= 11 is 0. The average molecular weight is 523 g/mol. The molecule has 5 rings (SSSR count). The van der Waals surface area contributed by atoms with Gasteiger partial charge in [-0.15, -0.1) is 0 Å². The van der Waals surface area contributed by atoms with Crippen molar-refractivity contribution in [3.63, 3.8) is 0 Å². The third-order valence-corrected chi connectivity index (χ3v) is 9.29. The minimum absolute atomic E-state index is 0.0366. The van der Waals surface area contributed by atoms with Gasteiger partial charge in [0.05, 0.1) is 43.6 Å². The van der Waals surface area contributed by atoms with Gasteiger partial charge < -0.3 is 25.0 Å². The summed E-state index contributed by atoms with van der Waals surface area (Å²) in [6, 6.07) is 10.6. The van der Waals surface area contributed by atoms with Crippen LogP contribution in [-0.2, 0) is 10.3 Å². The second-order valence-corrected chi connectivity index (χ2v) is 11.4. The molecule has 4 fully saturated rings. The number of ether oxygens (including phenoxy) is 1. The molecule has 0 radical (unpaired) electrons. The van der Waals surface area contributed by atoms with Crippen LogP contribution in [0.5, 0.6) is 0 Å². The summed E-state index contributed by atoms with van der Waals surface area (Å²) in [7, 11) is 2.04. The monoisotopic (exact) mass is 522 g/mol. The van der Waals surface area contributed by atoms with Crippen molar-refractivity contribution in [2.24, 2.45) is 9.98 Å². The molecule has 9 nitrogen and oxygen atoms in total. The van der Waals surface area contributed by atoms with E-state index in [0.717, 1.165) is 63.7 Å². The van der Waals surface area contributed by atoms with Gasteiger partial charge in [-0.25, -0.2) is 14.8 Å². The first-order valence-electron chi connectivity index (χ1n) is 13.9. The number of morpholine rings is 1. The number of benzene rings is 1. The number of hydrogen-bond acceptors (Lipinski definition) is 5. The standard InChI is InChI=1S/C29H42N6O3/c1-23(20-32-25(30-2)33-16-18-38-19-17-33)34-21-27(35(26(34)36)22-28(37)10-7-11-28)12-14-29(31-3,15-13-27)24-8-5-4-6-9-24/h4-6,8-9,20,31,37H,2,7,10-19,21-22H2,1,3H3/b23-20+,32-25+/t27-,29+. The maximum atomic E-state index is 13.9. The van der Waals surface area contributed by atoms with Gasteiger partial charge in [-0.05, 0) is 71.2 Å². The van der Waals surface area contributed by atoms with Gasteiger partial charge in [-0.1, -0.05) is 30.3 Å². The number of rotatable bonds is 6. The Morgan fingerprint density at radius 3 is 2.39 bits per heavy atom. The smallest absolute Gasteiger partial charge is 0.324 e. The second-order valence-electron chi connectivity index (χ2n) is 11.4. The lowest BCUT2D eigenvalue weighted by molar-refractivity contribution is -0.0690. The molecule has 2 aliphatic carbocycles. The van der Waals surface area contributed by atoms with E-state index in [1.54, 1.807) is 6.20 Å². The number of nitrogens with zero attached hydrogens (tertiary/aromatic N) is 5. The minimum atomic E-state index is -0.776. The Morgan fingerprint density at radius 2 is 1.82 bits per heavy atom. The molecule has 2 N–H and O–H groups in total. The number of aliphatic hydroxyl groups is 1. The van der Waals surface area contributed by atoms with Crippen molar-refractivity contribution in [2.45, 2.75) is 68.5 Å². The Kier molecular flexibility index (Phi) is 7.62. The average Bonchev–Trinajstić information content (AvgIpc) is 3.20. The second kappa shape index (κ2) is 10.8. The highest BCUT2D eigenvalue weighted by Crippen LogP contribution is 2.48. The van der Waals surface area contributed by atoms with Crippen LogP contribution in [0.15, 0.2) is 52.2 Å². The lowest BCUT2D eigenvalue weighted by Gasteiger charge is -2.50. The van der Waals surface area contributed by atoms with E-state index in [1.165, 1.54) is 5.56 Å². The summed E-state index contributed by atoms with van der Waals surface area (Å²) in [4.78, 5) is 28.5. The first-order valence-corrected chi connectivity index (χ1v) is 13.9. The molecule has 0 bridgehead atoms. The molecule has 4 aliphatic rings. The van der Waals surface area contributed by atoms with E-state index in [2.05, 4.69) is 52.4 Å². The number of carbonyl (C=O) groups excluding carboxylic acids is 1. The molecule has 1 aromatic carbocycles. The number of allylic oxidation sites excluding steroid dienone is 1. The number of guanidine groups is 1. The van der Waals surface area contributed by atoms with Crippen LogP contribution in [0, 0.1) is 0 Å². The summed E-state index contributed by atoms with van der Waals surface area (Å²) in [6.45, 7) is 9.34. The Labute approximate surface area is 226 Å². The van der Waals surface area contributed by atoms with E-state index in [9.17, 15) is 9.90 Å². The lowest BCUT2D eigenvalue weighted by Crippen LogP contribution is -2.59. The Hall–Kier alpha value is -2.75. The highest BCUT2D eigenvalue weighted by Gasteiger charge is 2.56. The van der Waals surface area contributed by atoms with Gasteiger partial charge in [-0.3, -0.25) is 4.90 Å². The number of carbonyl (C=O) groups is 1. The number of β-amino-alcohol motifs (C(OH)–C–C–N with tert-alkyl or cyclic N) is 1. The first-order chi connectivity index (χ1) is 18.3. The number of aliphatic imine (C=N–C) groups is 2. The molecule has 0 aromatic heterocycles. The Bertz CT molecular complexity index is 1070. The van der Waals surface area contributed by atoms with E-state index >= 15 is 0 Å². The van der Waals surface area contributed by atoms with Crippen molar-refractivity contribution >= 4 is 18.7 Å². The molecule has 2 aliphatic heterocycles. The third-order valence-electron chi connectivity index (χ3n) is 9.29. The molecular formula is C29H42N6O3. The van der Waals surface area contributed by atoms with Gasteiger partial charge in [0.25, 0.3) is 0 Å². The molecule has 2 saturated carbocycles. The van der Waals surface area contributed by atoms with Crippen LogP contribution in [0.2, 0.25) is 0 Å². The van der Waals surface area contributed by atoms with Crippen LogP contribution < -0.4 is 5.32 Å². The van der Waals surface area contributed by atoms with E-state index in [4.69, 9.17) is 4.74 Å². The molecule has 0 atom stereocenters. The van der Waals surface area contributed by atoms with Crippen molar-refractivity contribution in [3.05, 3.63) is 47.8 Å². The fourth-order valence-corrected chi connectivity index (χ4v) is 6.56. The van der Waals surface area contributed by atoms with Gasteiger partial charge in [-0.2, -0.15) is 0 Å². The minimum Gasteiger partial charge on any atom is -0.388 e. The molecule has 9 heteroatoms. The van der Waals surface area contributed by atoms with Gasteiger partial charge in [0, 0.05) is 24.3 Å². The van der Waals surface area contributed by atoms with E-state index in [1.807, 2.05) is 28.7 Å². The van der Waals surface area contributed by atoms with Crippen LogP contribution in [0.4, 0.5) is 4.79 Å². The molecule has 2 amide bonds. The summed E-state index contributed by atoms with van der Waals surface area (Å²) in [5.74, 6) is 0.550. The van der Waals surface area contributed by atoms with Crippen molar-refractivity contribution in [3.8, 4) is 0 Å². The molecule has 0 unspecified atom stereocenters. The van der Waals surface area contributed by atoms with Crippen LogP contribution in [0.1, 0.15) is 57.4 Å². The van der Waals surface area contributed by atoms with Gasteiger partial charge in [0.1, 0.15) is 0 Å². The SMILES string of the molecule is C=N/C(=N\C=C(/C)N1C[C@]2(CC[C@@](NC)(c3ccccc3)CC2)N(CC2(O)CCC2)C1=O)N1CCOCC1. The predicted octanol–water partition coefficient (Wildman–Crippen LogP) is 3.32.